The van der Waals surface area contributed by atoms with Crippen LogP contribution >= 0.6 is 0 Å². The highest BCUT2D eigenvalue weighted by molar-refractivity contribution is 5.35. The van der Waals surface area contributed by atoms with E-state index in [1.807, 2.05) is 0 Å². The van der Waals surface area contributed by atoms with Crippen molar-refractivity contribution in [1.82, 2.24) is 20.1 Å². The summed E-state index contributed by atoms with van der Waals surface area (Å²) >= 11 is 0. The molecular formula is C9H18N6. The molecule has 0 bridgehead atoms. The molecule has 1 aromatic rings. The van der Waals surface area contributed by atoms with Crippen LogP contribution in [0.15, 0.2) is 0 Å². The predicted octanol–water partition coefficient (Wildman–Crippen LogP) is -0.0827. The standard InChI is InChI=1S/C9H18N6/c1-9(2)6-15(5-4-14(9)3)8-11-7(10)12-13-8/h4-6H2,1-3H3,(H3,10,11,12,13). The zero-order valence-electron chi connectivity index (χ0n) is 9.49. The molecule has 1 aromatic heterocycles. The van der Waals surface area contributed by atoms with E-state index >= 15 is 0 Å². The van der Waals surface area contributed by atoms with Gasteiger partial charge in [-0.1, -0.05) is 0 Å². The Labute approximate surface area is 89.5 Å². The van der Waals surface area contributed by atoms with E-state index in [1.165, 1.54) is 0 Å². The summed E-state index contributed by atoms with van der Waals surface area (Å²) in [6.45, 7) is 7.31. The molecule has 1 saturated heterocycles. The molecule has 15 heavy (non-hydrogen) atoms. The molecule has 1 aliphatic heterocycles. The SMILES string of the molecule is CN1CCN(c2n[nH]c(N)n2)CC1(C)C. The van der Waals surface area contributed by atoms with E-state index in [9.17, 15) is 0 Å². The number of piperazine rings is 1. The van der Waals surface area contributed by atoms with Crippen molar-refractivity contribution in [1.29, 1.82) is 0 Å². The maximum Gasteiger partial charge on any atom is 0.246 e. The number of rotatable bonds is 1. The summed E-state index contributed by atoms with van der Waals surface area (Å²) in [5, 5.41) is 6.74. The average molecular weight is 210 g/mol. The zero-order chi connectivity index (χ0) is 11.1. The van der Waals surface area contributed by atoms with Gasteiger partial charge in [-0.05, 0) is 20.9 Å². The van der Waals surface area contributed by atoms with Gasteiger partial charge in [0.25, 0.3) is 0 Å². The Bertz CT molecular complexity index is 344. The van der Waals surface area contributed by atoms with Gasteiger partial charge in [0.05, 0.1) is 0 Å². The molecule has 0 atom stereocenters. The third-order valence-electron chi connectivity index (χ3n) is 3.09. The first-order valence-electron chi connectivity index (χ1n) is 5.13. The molecule has 6 nitrogen and oxygen atoms in total. The van der Waals surface area contributed by atoms with Crippen LogP contribution in [-0.4, -0.2) is 52.3 Å². The number of nitrogens with one attached hydrogen (secondary N) is 1. The molecule has 84 valence electrons. The molecule has 2 rings (SSSR count). The highest BCUT2D eigenvalue weighted by Gasteiger charge is 2.32. The number of nitrogens with two attached hydrogens (primary N) is 1. The maximum absolute atomic E-state index is 5.51. The minimum Gasteiger partial charge on any atom is -0.368 e. The van der Waals surface area contributed by atoms with Gasteiger partial charge in [-0.15, -0.1) is 5.10 Å². The summed E-state index contributed by atoms with van der Waals surface area (Å²) in [6, 6.07) is 0. The number of H-pyrrole nitrogens is 1. The van der Waals surface area contributed by atoms with Crippen LogP contribution in [0.2, 0.25) is 0 Å². The molecule has 0 spiro atoms. The van der Waals surface area contributed by atoms with Gasteiger partial charge in [0.15, 0.2) is 0 Å². The van der Waals surface area contributed by atoms with Gasteiger partial charge >= 0.3 is 0 Å². The van der Waals surface area contributed by atoms with Crippen molar-refractivity contribution < 1.29 is 0 Å². The predicted molar refractivity (Wildman–Crippen MR) is 59.7 cm³/mol. The third kappa shape index (κ3) is 1.90. The Hall–Kier alpha value is -1.30. The molecular weight excluding hydrogens is 192 g/mol. The molecule has 2 heterocycles. The first kappa shape index (κ1) is 10.2. The van der Waals surface area contributed by atoms with E-state index in [1.54, 1.807) is 0 Å². The van der Waals surface area contributed by atoms with Gasteiger partial charge in [-0.3, -0.25) is 4.90 Å². The average Bonchev–Trinajstić information content (AvgIpc) is 2.57. The van der Waals surface area contributed by atoms with Gasteiger partial charge in [0, 0.05) is 25.2 Å². The van der Waals surface area contributed by atoms with E-state index < -0.39 is 0 Å². The van der Waals surface area contributed by atoms with E-state index in [2.05, 4.69) is 45.9 Å². The zero-order valence-corrected chi connectivity index (χ0v) is 9.49. The molecule has 0 aliphatic carbocycles. The number of anilines is 2. The van der Waals surface area contributed by atoms with Crippen molar-refractivity contribution in [3.63, 3.8) is 0 Å². The van der Waals surface area contributed by atoms with Crippen molar-refractivity contribution in [3.8, 4) is 0 Å². The summed E-state index contributed by atoms with van der Waals surface area (Å²) in [6.07, 6.45) is 0. The molecule has 6 heteroatoms. The molecule has 3 N–H and O–H groups in total. The van der Waals surface area contributed by atoms with Crippen molar-refractivity contribution in [2.45, 2.75) is 19.4 Å². The number of nitrogens with zero attached hydrogens (tertiary/aromatic N) is 4. The normalized spacial score (nSPS) is 21.9. The van der Waals surface area contributed by atoms with E-state index in [0.717, 1.165) is 19.6 Å². The summed E-state index contributed by atoms with van der Waals surface area (Å²) in [7, 11) is 2.14. The Morgan fingerprint density at radius 2 is 2.13 bits per heavy atom. The van der Waals surface area contributed by atoms with Gasteiger partial charge in [-0.25, -0.2) is 5.10 Å². The van der Waals surface area contributed by atoms with Crippen LogP contribution < -0.4 is 10.6 Å². The first-order valence-corrected chi connectivity index (χ1v) is 5.13. The van der Waals surface area contributed by atoms with Crippen molar-refractivity contribution in [2.75, 3.05) is 37.3 Å². The lowest BCUT2D eigenvalue weighted by atomic mass is 10.0. The van der Waals surface area contributed by atoms with Crippen LogP contribution in [0.4, 0.5) is 11.9 Å². The number of aromatic amines is 1. The number of hydrogen-bond acceptors (Lipinski definition) is 5. The minimum atomic E-state index is 0.146. The third-order valence-corrected chi connectivity index (χ3v) is 3.09. The summed E-state index contributed by atoms with van der Waals surface area (Å²) in [4.78, 5) is 8.65. The van der Waals surface area contributed by atoms with E-state index in [4.69, 9.17) is 5.73 Å². The van der Waals surface area contributed by atoms with Gasteiger partial charge < -0.3 is 10.6 Å². The second-order valence-electron chi connectivity index (χ2n) is 4.68. The van der Waals surface area contributed by atoms with Crippen LogP contribution in [0.1, 0.15) is 13.8 Å². The summed E-state index contributed by atoms with van der Waals surface area (Å²) in [5.41, 5.74) is 5.66. The Morgan fingerprint density at radius 3 is 2.67 bits per heavy atom. The van der Waals surface area contributed by atoms with Crippen molar-refractivity contribution in [2.24, 2.45) is 0 Å². The van der Waals surface area contributed by atoms with Gasteiger partial charge in [0.2, 0.25) is 11.9 Å². The first-order chi connectivity index (χ1) is 6.99. The topological polar surface area (TPSA) is 74.1 Å². The van der Waals surface area contributed by atoms with Crippen LogP contribution in [0.25, 0.3) is 0 Å². The van der Waals surface area contributed by atoms with E-state index in [0.29, 0.717) is 11.9 Å². The fraction of sp³-hybridized carbons (Fsp3) is 0.778. The number of aromatic nitrogens is 3. The summed E-state index contributed by atoms with van der Waals surface area (Å²) < 4.78 is 0. The quantitative estimate of drug-likeness (QED) is 0.678. The van der Waals surface area contributed by atoms with Crippen LogP contribution in [0.5, 0.6) is 0 Å². The molecule has 0 aromatic carbocycles. The molecule has 1 fully saturated rings. The monoisotopic (exact) mass is 210 g/mol. The molecule has 0 saturated carbocycles. The minimum absolute atomic E-state index is 0.146. The lowest BCUT2D eigenvalue weighted by Gasteiger charge is -2.44. The second kappa shape index (κ2) is 3.37. The highest BCUT2D eigenvalue weighted by atomic mass is 15.4. The highest BCUT2D eigenvalue weighted by Crippen LogP contribution is 2.21. The second-order valence-corrected chi connectivity index (χ2v) is 4.68. The molecule has 0 radical (unpaired) electrons. The van der Waals surface area contributed by atoms with Crippen LogP contribution in [0, 0.1) is 0 Å². The van der Waals surface area contributed by atoms with Gasteiger partial charge in [0.1, 0.15) is 0 Å². The van der Waals surface area contributed by atoms with Gasteiger partial charge in [-0.2, -0.15) is 4.98 Å². The van der Waals surface area contributed by atoms with E-state index in [-0.39, 0.29) is 5.54 Å². The lowest BCUT2D eigenvalue weighted by Crippen LogP contribution is -2.58. The lowest BCUT2D eigenvalue weighted by molar-refractivity contribution is 0.138. The van der Waals surface area contributed by atoms with Crippen LogP contribution in [-0.2, 0) is 0 Å². The fourth-order valence-corrected chi connectivity index (χ4v) is 1.82. The Kier molecular flexibility index (Phi) is 2.30. The molecule has 1 aliphatic rings. The molecule has 0 amide bonds. The number of nitrogen functional groups attached to an aromatic ring is 1. The molecule has 0 unspecified atom stereocenters. The summed E-state index contributed by atoms with van der Waals surface area (Å²) in [5.74, 6) is 1.08. The largest absolute Gasteiger partial charge is 0.368 e. The fourth-order valence-electron chi connectivity index (χ4n) is 1.82. The number of hydrogen-bond donors (Lipinski definition) is 2. The van der Waals surface area contributed by atoms with Crippen molar-refractivity contribution >= 4 is 11.9 Å². The van der Waals surface area contributed by atoms with Crippen molar-refractivity contribution in [3.05, 3.63) is 0 Å². The smallest absolute Gasteiger partial charge is 0.246 e. The maximum atomic E-state index is 5.51. The Balaban J connectivity index is 2.13. The number of likely N-dealkylation sites (N-methyl/N-ethyl adjacent to an activating group) is 1. The Morgan fingerprint density at radius 1 is 1.40 bits per heavy atom. The van der Waals surface area contributed by atoms with Crippen LogP contribution in [0.3, 0.4) is 0 Å².